The Morgan fingerprint density at radius 2 is 1.59 bits per heavy atom. The number of nitrogens with one attached hydrogen (secondary N) is 1. The number of aryl methyl sites for hydroxylation is 1. The monoisotopic (exact) mass is 494 g/mol. The SMILES string of the molecule is Cc1ccc(S(=O)(=O)Nc2ccc(-c3ccc(C(F)(F)F)cc3C(F)(F)F)cn2)cc1Cl. The molecular weight excluding hydrogens is 482 g/mol. The van der Waals surface area contributed by atoms with Crippen LogP contribution < -0.4 is 4.72 Å². The van der Waals surface area contributed by atoms with Gasteiger partial charge in [0.25, 0.3) is 10.0 Å². The Hall–Kier alpha value is -2.79. The smallest absolute Gasteiger partial charge is 0.263 e. The number of sulfonamides is 1. The maximum Gasteiger partial charge on any atom is 0.417 e. The lowest BCUT2D eigenvalue weighted by Crippen LogP contribution is -2.14. The van der Waals surface area contributed by atoms with E-state index in [1.807, 2.05) is 0 Å². The summed E-state index contributed by atoms with van der Waals surface area (Å²) in [5.41, 5.74) is -2.95. The largest absolute Gasteiger partial charge is 0.417 e. The molecule has 0 aliphatic rings. The average molecular weight is 495 g/mol. The predicted octanol–water partition coefficient (Wildman–Crippen LogP) is 6.55. The number of nitrogens with zero attached hydrogens (tertiary/aromatic N) is 1. The van der Waals surface area contributed by atoms with Crippen molar-refractivity contribution in [2.75, 3.05) is 4.72 Å². The maximum absolute atomic E-state index is 13.4. The molecule has 3 rings (SSSR count). The molecule has 0 aliphatic carbocycles. The summed E-state index contributed by atoms with van der Waals surface area (Å²) in [5, 5.41) is 0.221. The van der Waals surface area contributed by atoms with E-state index in [1.54, 1.807) is 6.92 Å². The van der Waals surface area contributed by atoms with Crippen molar-refractivity contribution in [3.8, 4) is 11.1 Å². The maximum atomic E-state index is 13.4. The van der Waals surface area contributed by atoms with Crippen molar-refractivity contribution in [1.82, 2.24) is 4.98 Å². The Labute approximate surface area is 183 Å². The third-order valence-corrected chi connectivity index (χ3v) is 6.18. The van der Waals surface area contributed by atoms with E-state index in [4.69, 9.17) is 11.6 Å². The molecule has 1 heterocycles. The number of benzene rings is 2. The fourth-order valence-corrected chi connectivity index (χ4v) is 4.04. The fraction of sp³-hybridized carbons (Fsp3) is 0.150. The zero-order chi connectivity index (χ0) is 23.9. The molecule has 1 N–H and O–H groups in total. The molecule has 0 saturated carbocycles. The summed E-state index contributed by atoms with van der Waals surface area (Å²) in [4.78, 5) is 3.64. The van der Waals surface area contributed by atoms with Crippen LogP contribution in [0.15, 0.2) is 59.6 Å². The molecule has 12 heteroatoms. The molecule has 170 valence electrons. The molecular formula is C20H13ClF6N2O2S. The molecule has 0 unspecified atom stereocenters. The Balaban J connectivity index is 1.94. The number of rotatable bonds is 4. The summed E-state index contributed by atoms with van der Waals surface area (Å²) < 4.78 is 106. The van der Waals surface area contributed by atoms with Crippen LogP contribution in [0.25, 0.3) is 11.1 Å². The van der Waals surface area contributed by atoms with E-state index in [2.05, 4.69) is 9.71 Å². The molecule has 2 aromatic carbocycles. The van der Waals surface area contributed by atoms with Crippen molar-refractivity contribution in [2.45, 2.75) is 24.2 Å². The first-order valence-corrected chi connectivity index (χ1v) is 10.6. The molecule has 0 spiro atoms. The van der Waals surface area contributed by atoms with Crippen molar-refractivity contribution < 1.29 is 34.8 Å². The van der Waals surface area contributed by atoms with Crippen LogP contribution in [0.3, 0.4) is 0 Å². The van der Waals surface area contributed by atoms with Crippen LogP contribution >= 0.6 is 11.6 Å². The van der Waals surface area contributed by atoms with Gasteiger partial charge in [0.1, 0.15) is 5.82 Å². The quantitative estimate of drug-likeness (QED) is 0.418. The molecule has 0 aliphatic heterocycles. The van der Waals surface area contributed by atoms with Crippen LogP contribution in [0.5, 0.6) is 0 Å². The summed E-state index contributed by atoms with van der Waals surface area (Å²) in [6.45, 7) is 1.68. The standard InChI is InChI=1S/C20H13ClF6N2O2S/c1-11-2-5-14(9-17(11)21)32(30,31)29-18-7-3-12(10-28-18)15-6-4-13(19(22,23)24)8-16(15)20(25,26)27/h2-10H,1H3,(H,28,29). The lowest BCUT2D eigenvalue weighted by atomic mass is 9.98. The van der Waals surface area contributed by atoms with E-state index in [9.17, 15) is 34.8 Å². The summed E-state index contributed by atoms with van der Waals surface area (Å²) in [7, 11) is -4.09. The highest BCUT2D eigenvalue weighted by Crippen LogP contribution is 2.40. The van der Waals surface area contributed by atoms with Crippen LogP contribution in [0.1, 0.15) is 16.7 Å². The fourth-order valence-electron chi connectivity index (χ4n) is 2.76. The first kappa shape index (κ1) is 23.9. The topological polar surface area (TPSA) is 59.1 Å². The van der Waals surface area contributed by atoms with E-state index in [0.29, 0.717) is 17.7 Å². The third kappa shape index (κ3) is 5.16. The molecule has 0 saturated heterocycles. The summed E-state index contributed by atoms with van der Waals surface area (Å²) in [6, 6.07) is 7.50. The van der Waals surface area contributed by atoms with Crippen molar-refractivity contribution in [1.29, 1.82) is 0 Å². The highest BCUT2D eigenvalue weighted by atomic mass is 35.5. The van der Waals surface area contributed by atoms with Crippen molar-refractivity contribution >= 4 is 27.4 Å². The lowest BCUT2D eigenvalue weighted by molar-refractivity contribution is -0.142. The van der Waals surface area contributed by atoms with E-state index in [-0.39, 0.29) is 27.4 Å². The number of alkyl halides is 6. The van der Waals surface area contributed by atoms with Gasteiger partial charge in [0.2, 0.25) is 0 Å². The Morgan fingerprint density at radius 3 is 2.12 bits per heavy atom. The first-order valence-electron chi connectivity index (χ1n) is 8.72. The van der Waals surface area contributed by atoms with Crippen molar-refractivity contribution in [3.63, 3.8) is 0 Å². The van der Waals surface area contributed by atoms with Crippen LogP contribution in [-0.2, 0) is 22.4 Å². The molecule has 4 nitrogen and oxygen atoms in total. The van der Waals surface area contributed by atoms with Gasteiger partial charge < -0.3 is 0 Å². The van der Waals surface area contributed by atoms with Gasteiger partial charge in [0, 0.05) is 16.8 Å². The molecule has 0 radical (unpaired) electrons. The second kappa shape index (κ2) is 8.28. The minimum absolute atomic E-state index is 0.0209. The van der Waals surface area contributed by atoms with E-state index in [1.165, 1.54) is 18.2 Å². The normalized spacial score (nSPS) is 12.6. The van der Waals surface area contributed by atoms with Crippen molar-refractivity contribution in [3.05, 3.63) is 76.4 Å². The van der Waals surface area contributed by atoms with E-state index >= 15 is 0 Å². The number of pyridine rings is 1. The molecule has 0 fully saturated rings. The Bertz CT molecular complexity index is 1260. The molecule has 1 aromatic heterocycles. The molecule has 32 heavy (non-hydrogen) atoms. The van der Waals surface area contributed by atoms with E-state index < -0.39 is 39.1 Å². The number of aromatic nitrogens is 1. The summed E-state index contributed by atoms with van der Waals surface area (Å²) in [6.07, 6.45) is -9.07. The molecule has 0 atom stereocenters. The third-order valence-electron chi connectivity index (χ3n) is 4.42. The van der Waals surface area contributed by atoms with Crippen LogP contribution in [0.2, 0.25) is 5.02 Å². The highest BCUT2D eigenvalue weighted by molar-refractivity contribution is 7.92. The van der Waals surface area contributed by atoms with E-state index in [0.717, 1.165) is 18.3 Å². The molecule has 0 amide bonds. The predicted molar refractivity (Wildman–Crippen MR) is 107 cm³/mol. The van der Waals surface area contributed by atoms with Gasteiger partial charge in [0.15, 0.2) is 0 Å². The first-order chi connectivity index (χ1) is 14.7. The summed E-state index contributed by atoms with van der Waals surface area (Å²) >= 11 is 5.93. The van der Waals surface area contributed by atoms with Gasteiger partial charge in [0.05, 0.1) is 16.0 Å². The van der Waals surface area contributed by atoms with Crippen LogP contribution in [0.4, 0.5) is 32.2 Å². The number of anilines is 1. The minimum Gasteiger partial charge on any atom is -0.263 e. The van der Waals surface area contributed by atoms with Crippen LogP contribution in [0, 0.1) is 6.92 Å². The number of halogens is 7. The Morgan fingerprint density at radius 1 is 0.906 bits per heavy atom. The highest BCUT2D eigenvalue weighted by Gasteiger charge is 2.38. The summed E-state index contributed by atoms with van der Waals surface area (Å²) in [5.74, 6) is -0.203. The second-order valence-corrected chi connectivity index (χ2v) is 8.79. The average Bonchev–Trinajstić information content (AvgIpc) is 2.68. The number of hydrogen-bond donors (Lipinski definition) is 1. The second-order valence-electron chi connectivity index (χ2n) is 6.70. The minimum atomic E-state index is -5.05. The van der Waals surface area contributed by atoms with Crippen LogP contribution in [-0.4, -0.2) is 13.4 Å². The van der Waals surface area contributed by atoms with Gasteiger partial charge >= 0.3 is 12.4 Å². The van der Waals surface area contributed by atoms with Gasteiger partial charge in [-0.05, 0) is 54.4 Å². The van der Waals surface area contributed by atoms with Crippen molar-refractivity contribution in [2.24, 2.45) is 0 Å². The van der Waals surface area contributed by atoms with Gasteiger partial charge in [-0.2, -0.15) is 26.3 Å². The van der Waals surface area contributed by atoms with Gasteiger partial charge in [-0.3, -0.25) is 4.72 Å². The zero-order valence-corrected chi connectivity index (χ0v) is 17.6. The lowest BCUT2D eigenvalue weighted by Gasteiger charge is -2.16. The van der Waals surface area contributed by atoms with Gasteiger partial charge in [-0.15, -0.1) is 0 Å². The Kier molecular flexibility index (Phi) is 6.18. The molecule has 0 bridgehead atoms. The molecule has 3 aromatic rings. The van der Waals surface area contributed by atoms with Gasteiger partial charge in [-0.25, -0.2) is 13.4 Å². The zero-order valence-electron chi connectivity index (χ0n) is 16.0. The van der Waals surface area contributed by atoms with Gasteiger partial charge in [-0.1, -0.05) is 23.7 Å². The number of hydrogen-bond acceptors (Lipinski definition) is 3.